The van der Waals surface area contributed by atoms with Gasteiger partial charge in [-0.25, -0.2) is 0 Å². The zero-order valence-corrected chi connectivity index (χ0v) is 17.2. The molecular weight excluding hydrogens is 364 g/mol. The lowest BCUT2D eigenvalue weighted by atomic mass is 10.1. The van der Waals surface area contributed by atoms with Crippen LogP contribution in [0.15, 0.2) is 30.3 Å². The van der Waals surface area contributed by atoms with Crippen molar-refractivity contribution in [1.29, 1.82) is 0 Å². The van der Waals surface area contributed by atoms with Crippen molar-refractivity contribution in [2.75, 3.05) is 26.2 Å². The second-order valence-corrected chi connectivity index (χ2v) is 8.99. The van der Waals surface area contributed by atoms with Crippen LogP contribution in [0.1, 0.15) is 44.1 Å². The van der Waals surface area contributed by atoms with Gasteiger partial charge in [-0.3, -0.25) is 9.59 Å². The minimum atomic E-state index is -0.170. The number of carbonyl (C=O) groups excluding carboxylic acids is 2. The molecule has 0 spiro atoms. The SMILES string of the molecule is C1CC(CNC2CC2)CN1.O=C(NC1CC1)C1CC(=O)N(Cc2ccccc2)C1. The Bertz CT molecular complexity index is 681. The van der Waals surface area contributed by atoms with Crippen molar-refractivity contribution in [3.63, 3.8) is 0 Å². The Morgan fingerprint density at radius 3 is 2.48 bits per heavy atom. The summed E-state index contributed by atoms with van der Waals surface area (Å²) in [4.78, 5) is 25.7. The fourth-order valence-corrected chi connectivity index (χ4v) is 3.96. The molecule has 2 saturated carbocycles. The van der Waals surface area contributed by atoms with Gasteiger partial charge in [0.1, 0.15) is 0 Å². The maximum atomic E-state index is 11.9. The first kappa shape index (κ1) is 20.4. The van der Waals surface area contributed by atoms with Crippen molar-refractivity contribution >= 4 is 11.8 Å². The molecule has 1 aromatic carbocycles. The van der Waals surface area contributed by atoms with Gasteiger partial charge in [-0.05, 0) is 63.2 Å². The molecule has 0 aromatic heterocycles. The van der Waals surface area contributed by atoms with Gasteiger partial charge in [0, 0.05) is 31.6 Å². The monoisotopic (exact) mass is 398 g/mol. The molecule has 3 N–H and O–H groups in total. The Balaban J connectivity index is 0.000000171. The molecule has 4 aliphatic rings. The minimum Gasteiger partial charge on any atom is -0.353 e. The molecule has 4 fully saturated rings. The van der Waals surface area contributed by atoms with Gasteiger partial charge in [-0.2, -0.15) is 0 Å². The Hall–Kier alpha value is -1.92. The van der Waals surface area contributed by atoms with Crippen LogP contribution in [0.3, 0.4) is 0 Å². The predicted molar refractivity (Wildman–Crippen MR) is 113 cm³/mol. The summed E-state index contributed by atoms with van der Waals surface area (Å²) in [5, 5.41) is 9.92. The molecule has 2 aliphatic carbocycles. The summed E-state index contributed by atoms with van der Waals surface area (Å²) in [6, 6.07) is 11.2. The number of hydrogen-bond acceptors (Lipinski definition) is 4. The van der Waals surface area contributed by atoms with E-state index in [0.717, 1.165) is 30.4 Å². The molecule has 0 radical (unpaired) electrons. The number of rotatable bonds is 7. The average molecular weight is 399 g/mol. The van der Waals surface area contributed by atoms with Crippen LogP contribution in [0.4, 0.5) is 0 Å². The van der Waals surface area contributed by atoms with Crippen LogP contribution in [0.25, 0.3) is 0 Å². The van der Waals surface area contributed by atoms with Crippen molar-refractivity contribution < 1.29 is 9.59 Å². The maximum absolute atomic E-state index is 11.9. The van der Waals surface area contributed by atoms with E-state index in [1.807, 2.05) is 30.3 Å². The molecule has 2 heterocycles. The van der Waals surface area contributed by atoms with E-state index in [0.29, 0.717) is 25.6 Å². The van der Waals surface area contributed by atoms with E-state index in [4.69, 9.17) is 0 Å². The van der Waals surface area contributed by atoms with Crippen molar-refractivity contribution in [2.45, 2.75) is 57.2 Å². The molecule has 29 heavy (non-hydrogen) atoms. The lowest BCUT2D eigenvalue weighted by Gasteiger charge is -2.16. The first-order valence-corrected chi connectivity index (χ1v) is 11.2. The minimum absolute atomic E-state index is 0.0476. The predicted octanol–water partition coefficient (Wildman–Crippen LogP) is 1.66. The summed E-state index contributed by atoms with van der Waals surface area (Å²) >= 11 is 0. The number of hydrogen-bond donors (Lipinski definition) is 3. The van der Waals surface area contributed by atoms with Crippen LogP contribution < -0.4 is 16.0 Å². The van der Waals surface area contributed by atoms with Crippen molar-refractivity contribution in [3.8, 4) is 0 Å². The zero-order valence-electron chi connectivity index (χ0n) is 17.2. The second-order valence-electron chi connectivity index (χ2n) is 8.99. The van der Waals surface area contributed by atoms with Crippen molar-refractivity contribution in [2.24, 2.45) is 11.8 Å². The fraction of sp³-hybridized carbons (Fsp3) is 0.652. The number of amides is 2. The Morgan fingerprint density at radius 1 is 1.07 bits per heavy atom. The van der Waals surface area contributed by atoms with E-state index in [1.165, 1.54) is 38.9 Å². The van der Waals surface area contributed by atoms with E-state index in [9.17, 15) is 9.59 Å². The summed E-state index contributed by atoms with van der Waals surface area (Å²) in [7, 11) is 0. The van der Waals surface area contributed by atoms with Crippen LogP contribution in [0.2, 0.25) is 0 Å². The highest BCUT2D eigenvalue weighted by Gasteiger charge is 2.36. The summed E-state index contributed by atoms with van der Waals surface area (Å²) in [5.74, 6) is 0.878. The molecule has 6 nitrogen and oxygen atoms in total. The fourth-order valence-electron chi connectivity index (χ4n) is 3.96. The summed E-state index contributed by atoms with van der Waals surface area (Å²) < 4.78 is 0. The van der Waals surface area contributed by atoms with E-state index < -0.39 is 0 Å². The zero-order chi connectivity index (χ0) is 20.1. The number of nitrogens with zero attached hydrogens (tertiary/aromatic N) is 1. The van der Waals surface area contributed by atoms with Crippen LogP contribution in [-0.2, 0) is 16.1 Å². The maximum Gasteiger partial charge on any atom is 0.225 e. The number of benzene rings is 1. The molecule has 2 unspecified atom stereocenters. The molecule has 1 aromatic rings. The van der Waals surface area contributed by atoms with E-state index in [1.54, 1.807) is 4.90 Å². The smallest absolute Gasteiger partial charge is 0.225 e. The van der Waals surface area contributed by atoms with Gasteiger partial charge in [-0.15, -0.1) is 0 Å². The number of nitrogens with one attached hydrogen (secondary N) is 3. The lowest BCUT2D eigenvalue weighted by molar-refractivity contribution is -0.129. The van der Waals surface area contributed by atoms with Gasteiger partial charge in [0.15, 0.2) is 0 Å². The third-order valence-corrected chi connectivity index (χ3v) is 6.16. The largest absolute Gasteiger partial charge is 0.353 e. The highest BCUT2D eigenvalue weighted by atomic mass is 16.2. The van der Waals surface area contributed by atoms with Gasteiger partial charge in [0.25, 0.3) is 0 Å². The molecule has 2 saturated heterocycles. The standard InChI is InChI=1S/C15H18N2O2.C8H16N2/c18-14-8-12(15(19)16-13-6-7-13)10-17(14)9-11-4-2-1-3-5-11;1-2-8(1)10-6-7-3-4-9-5-7/h1-5,12-13H,6-10H2,(H,16,19);7-10H,1-6H2. The van der Waals surface area contributed by atoms with Gasteiger partial charge >= 0.3 is 0 Å². The topological polar surface area (TPSA) is 73.5 Å². The molecule has 158 valence electrons. The first-order chi connectivity index (χ1) is 14.2. The van der Waals surface area contributed by atoms with Gasteiger partial charge in [0.05, 0.1) is 5.92 Å². The van der Waals surface area contributed by atoms with E-state index in [2.05, 4.69) is 16.0 Å². The van der Waals surface area contributed by atoms with Crippen molar-refractivity contribution in [3.05, 3.63) is 35.9 Å². The average Bonchev–Trinajstić information content (AvgIpc) is 3.65. The summed E-state index contributed by atoms with van der Waals surface area (Å²) in [6.07, 6.45) is 6.73. The third-order valence-electron chi connectivity index (χ3n) is 6.16. The summed E-state index contributed by atoms with van der Waals surface area (Å²) in [5.41, 5.74) is 1.11. The second kappa shape index (κ2) is 9.72. The van der Waals surface area contributed by atoms with Crippen LogP contribution in [0, 0.1) is 11.8 Å². The van der Waals surface area contributed by atoms with Crippen LogP contribution in [-0.4, -0.2) is 55.0 Å². The highest BCUT2D eigenvalue weighted by Crippen LogP contribution is 2.24. The number of likely N-dealkylation sites (tertiary alicyclic amines) is 1. The molecule has 2 atom stereocenters. The van der Waals surface area contributed by atoms with Gasteiger partial charge < -0.3 is 20.9 Å². The van der Waals surface area contributed by atoms with Crippen LogP contribution >= 0.6 is 0 Å². The molecule has 2 amide bonds. The van der Waals surface area contributed by atoms with Gasteiger partial charge in [-0.1, -0.05) is 30.3 Å². The Kier molecular flexibility index (Phi) is 6.82. The van der Waals surface area contributed by atoms with E-state index >= 15 is 0 Å². The van der Waals surface area contributed by atoms with Crippen LogP contribution in [0.5, 0.6) is 0 Å². The highest BCUT2D eigenvalue weighted by molar-refractivity contribution is 5.89. The van der Waals surface area contributed by atoms with Crippen molar-refractivity contribution in [1.82, 2.24) is 20.9 Å². The normalized spacial score (nSPS) is 26.2. The number of carbonyl (C=O) groups is 2. The molecule has 0 bridgehead atoms. The lowest BCUT2D eigenvalue weighted by Crippen LogP contribution is -2.34. The molecule has 2 aliphatic heterocycles. The Labute approximate surface area is 173 Å². The molecular formula is C23H34N4O2. The molecule has 6 heteroatoms. The van der Waals surface area contributed by atoms with E-state index in [-0.39, 0.29) is 17.7 Å². The summed E-state index contributed by atoms with van der Waals surface area (Å²) in [6.45, 7) is 4.87. The molecule has 5 rings (SSSR count). The Morgan fingerprint density at radius 2 is 1.83 bits per heavy atom. The first-order valence-electron chi connectivity index (χ1n) is 11.2. The quantitative estimate of drug-likeness (QED) is 0.653. The van der Waals surface area contributed by atoms with Gasteiger partial charge in [0.2, 0.25) is 11.8 Å². The third kappa shape index (κ3) is 6.54.